The second-order valence-corrected chi connectivity index (χ2v) is 8.81. The molecule has 7 heteroatoms. The SMILES string of the molecule is CC(=O)Nc1cc(-c2ccc(-n3cccc3)cc2)cc(-n2cnc3cc(-c4cnn(C)c4)ccc32)c1. The Hall–Kier alpha value is -4.91. The number of nitrogens with zero attached hydrogens (tertiary/aromatic N) is 5. The third kappa shape index (κ3) is 4.07. The Morgan fingerprint density at radius 2 is 1.61 bits per heavy atom. The number of aromatic nitrogens is 5. The zero-order valence-corrected chi connectivity index (χ0v) is 20.0. The van der Waals surface area contributed by atoms with Crippen molar-refractivity contribution in [2.75, 3.05) is 5.32 Å². The van der Waals surface area contributed by atoms with Gasteiger partial charge in [-0.1, -0.05) is 18.2 Å². The van der Waals surface area contributed by atoms with Crippen LogP contribution in [0.3, 0.4) is 0 Å². The number of benzene rings is 3. The first-order valence-electron chi connectivity index (χ1n) is 11.7. The molecule has 7 nitrogen and oxygen atoms in total. The van der Waals surface area contributed by atoms with Gasteiger partial charge >= 0.3 is 0 Å². The molecular weight excluding hydrogens is 448 g/mol. The van der Waals surface area contributed by atoms with E-state index in [0.717, 1.165) is 50.3 Å². The van der Waals surface area contributed by atoms with Gasteiger partial charge in [-0.25, -0.2) is 4.98 Å². The smallest absolute Gasteiger partial charge is 0.221 e. The van der Waals surface area contributed by atoms with Crippen LogP contribution < -0.4 is 5.32 Å². The zero-order valence-electron chi connectivity index (χ0n) is 20.0. The van der Waals surface area contributed by atoms with Crippen molar-refractivity contribution in [3.63, 3.8) is 0 Å². The molecule has 0 atom stereocenters. The van der Waals surface area contributed by atoms with E-state index in [-0.39, 0.29) is 5.91 Å². The first-order valence-corrected chi connectivity index (χ1v) is 11.7. The van der Waals surface area contributed by atoms with Crippen molar-refractivity contribution in [2.24, 2.45) is 7.05 Å². The highest BCUT2D eigenvalue weighted by molar-refractivity contribution is 5.91. The number of imidazole rings is 1. The van der Waals surface area contributed by atoms with Crippen LogP contribution in [0.25, 0.3) is 44.7 Å². The Balaban J connectivity index is 1.42. The van der Waals surface area contributed by atoms with Crippen LogP contribution in [0.15, 0.2) is 104 Å². The Morgan fingerprint density at radius 1 is 0.833 bits per heavy atom. The lowest BCUT2D eigenvalue weighted by Crippen LogP contribution is -2.06. The summed E-state index contributed by atoms with van der Waals surface area (Å²) in [5, 5.41) is 7.22. The Morgan fingerprint density at radius 3 is 2.33 bits per heavy atom. The maximum Gasteiger partial charge on any atom is 0.221 e. The molecule has 0 fully saturated rings. The molecule has 0 unspecified atom stereocenters. The van der Waals surface area contributed by atoms with Crippen LogP contribution in [-0.2, 0) is 11.8 Å². The number of hydrogen-bond donors (Lipinski definition) is 1. The van der Waals surface area contributed by atoms with Crippen LogP contribution in [0.5, 0.6) is 0 Å². The van der Waals surface area contributed by atoms with Gasteiger partial charge in [0.25, 0.3) is 0 Å². The number of hydrogen-bond acceptors (Lipinski definition) is 3. The van der Waals surface area contributed by atoms with E-state index < -0.39 is 0 Å². The minimum absolute atomic E-state index is 0.113. The van der Waals surface area contributed by atoms with Crippen LogP contribution in [0.1, 0.15) is 6.92 Å². The number of anilines is 1. The average Bonchev–Trinajstić information content (AvgIpc) is 3.64. The van der Waals surface area contributed by atoms with E-state index in [1.807, 2.05) is 67.0 Å². The normalized spacial score (nSPS) is 11.2. The van der Waals surface area contributed by atoms with Gasteiger partial charge in [0.2, 0.25) is 5.91 Å². The van der Waals surface area contributed by atoms with Gasteiger partial charge in [0.15, 0.2) is 0 Å². The van der Waals surface area contributed by atoms with Crippen molar-refractivity contribution in [2.45, 2.75) is 6.92 Å². The van der Waals surface area contributed by atoms with E-state index in [1.165, 1.54) is 6.92 Å². The number of aryl methyl sites for hydroxylation is 1. The number of amides is 1. The number of nitrogens with one attached hydrogen (secondary N) is 1. The highest BCUT2D eigenvalue weighted by Gasteiger charge is 2.11. The largest absolute Gasteiger partial charge is 0.326 e. The van der Waals surface area contributed by atoms with Crippen LogP contribution >= 0.6 is 0 Å². The van der Waals surface area contributed by atoms with Gasteiger partial charge in [0.1, 0.15) is 6.33 Å². The molecule has 0 radical (unpaired) electrons. The fraction of sp³-hybridized carbons (Fsp3) is 0.0690. The molecule has 176 valence electrons. The van der Waals surface area contributed by atoms with Crippen molar-refractivity contribution < 1.29 is 4.79 Å². The van der Waals surface area contributed by atoms with Crippen LogP contribution in [0, 0.1) is 0 Å². The first kappa shape index (κ1) is 21.6. The molecule has 0 spiro atoms. The minimum atomic E-state index is -0.113. The van der Waals surface area contributed by atoms with Crippen molar-refractivity contribution >= 4 is 22.6 Å². The topological polar surface area (TPSA) is 69.7 Å². The number of carbonyl (C=O) groups excluding carboxylic acids is 1. The third-order valence-corrected chi connectivity index (χ3v) is 6.20. The van der Waals surface area contributed by atoms with Gasteiger partial charge < -0.3 is 9.88 Å². The van der Waals surface area contributed by atoms with Gasteiger partial charge in [0.05, 0.1) is 17.2 Å². The maximum absolute atomic E-state index is 11.9. The predicted octanol–water partition coefficient (Wildman–Crippen LogP) is 5.84. The molecule has 1 N–H and O–H groups in total. The summed E-state index contributed by atoms with van der Waals surface area (Å²) in [5.74, 6) is -0.113. The molecule has 1 amide bonds. The van der Waals surface area contributed by atoms with Gasteiger partial charge in [-0.05, 0) is 71.3 Å². The van der Waals surface area contributed by atoms with Gasteiger partial charge in [-0.15, -0.1) is 0 Å². The summed E-state index contributed by atoms with van der Waals surface area (Å²) in [6.07, 6.45) is 9.71. The molecule has 0 aliphatic heterocycles. The lowest BCUT2D eigenvalue weighted by Gasteiger charge is -2.13. The summed E-state index contributed by atoms with van der Waals surface area (Å²) in [6, 6.07) is 24.7. The molecule has 3 heterocycles. The second-order valence-electron chi connectivity index (χ2n) is 8.81. The van der Waals surface area contributed by atoms with E-state index in [2.05, 4.69) is 68.5 Å². The molecule has 3 aromatic heterocycles. The molecular formula is C29H24N6O. The average molecular weight is 473 g/mol. The summed E-state index contributed by atoms with van der Waals surface area (Å²) in [6.45, 7) is 1.52. The summed E-state index contributed by atoms with van der Waals surface area (Å²) < 4.78 is 5.91. The second kappa shape index (κ2) is 8.70. The fourth-order valence-electron chi connectivity index (χ4n) is 4.49. The Bertz CT molecular complexity index is 1690. The molecule has 0 bridgehead atoms. The van der Waals surface area contributed by atoms with Crippen LogP contribution in [0.4, 0.5) is 5.69 Å². The third-order valence-electron chi connectivity index (χ3n) is 6.20. The van der Waals surface area contributed by atoms with Gasteiger partial charge in [-0.3, -0.25) is 14.0 Å². The van der Waals surface area contributed by atoms with Crippen LogP contribution in [0.2, 0.25) is 0 Å². The first-order chi connectivity index (χ1) is 17.5. The highest BCUT2D eigenvalue weighted by atomic mass is 16.1. The molecule has 6 aromatic rings. The van der Waals surface area contributed by atoms with Crippen molar-refractivity contribution in [1.29, 1.82) is 0 Å². The van der Waals surface area contributed by atoms with Crippen molar-refractivity contribution in [1.82, 2.24) is 23.9 Å². The molecule has 3 aromatic carbocycles. The maximum atomic E-state index is 11.9. The summed E-state index contributed by atoms with van der Waals surface area (Å²) in [4.78, 5) is 16.5. The summed E-state index contributed by atoms with van der Waals surface area (Å²) in [5.41, 5.74) is 8.79. The van der Waals surface area contributed by atoms with E-state index in [9.17, 15) is 4.79 Å². The van der Waals surface area contributed by atoms with Gasteiger partial charge in [-0.2, -0.15) is 5.10 Å². The molecule has 0 saturated carbocycles. The molecule has 0 saturated heterocycles. The minimum Gasteiger partial charge on any atom is -0.326 e. The zero-order chi connectivity index (χ0) is 24.6. The number of rotatable bonds is 5. The summed E-state index contributed by atoms with van der Waals surface area (Å²) >= 11 is 0. The van der Waals surface area contributed by atoms with E-state index in [4.69, 9.17) is 0 Å². The monoisotopic (exact) mass is 472 g/mol. The Kier molecular flexibility index (Phi) is 5.22. The Labute approximate surface area is 208 Å². The standard InChI is InChI=1S/C29H24N6O/c1-20(36)32-25-13-23(21-5-8-26(9-6-21)34-11-3-4-12-34)14-27(16-25)35-19-30-28-15-22(7-10-29(28)35)24-17-31-33(2)18-24/h3-19H,1-2H3,(H,32,36). The van der Waals surface area contributed by atoms with Crippen LogP contribution in [-0.4, -0.2) is 29.8 Å². The van der Waals surface area contributed by atoms with E-state index in [0.29, 0.717) is 0 Å². The fourth-order valence-corrected chi connectivity index (χ4v) is 4.49. The lowest BCUT2D eigenvalue weighted by atomic mass is 10.0. The quantitative estimate of drug-likeness (QED) is 0.343. The molecule has 36 heavy (non-hydrogen) atoms. The predicted molar refractivity (Wildman–Crippen MR) is 142 cm³/mol. The lowest BCUT2D eigenvalue weighted by molar-refractivity contribution is -0.114. The number of carbonyl (C=O) groups is 1. The van der Waals surface area contributed by atoms with E-state index >= 15 is 0 Å². The van der Waals surface area contributed by atoms with Crippen molar-refractivity contribution in [3.8, 4) is 33.6 Å². The summed E-state index contributed by atoms with van der Waals surface area (Å²) in [7, 11) is 1.91. The molecule has 0 aliphatic rings. The van der Waals surface area contributed by atoms with E-state index in [1.54, 1.807) is 4.68 Å². The molecule has 0 aliphatic carbocycles. The van der Waals surface area contributed by atoms with Crippen molar-refractivity contribution in [3.05, 3.63) is 104 Å². The number of fused-ring (bicyclic) bond motifs is 1. The highest BCUT2D eigenvalue weighted by Crippen LogP contribution is 2.30. The molecule has 6 rings (SSSR count). The van der Waals surface area contributed by atoms with Gasteiger partial charge in [0, 0.05) is 55.2 Å².